The summed E-state index contributed by atoms with van der Waals surface area (Å²) in [6.07, 6.45) is 11.3. The van der Waals surface area contributed by atoms with E-state index in [2.05, 4.69) is 4.90 Å². The molecule has 1 aliphatic heterocycles. The summed E-state index contributed by atoms with van der Waals surface area (Å²) in [5.41, 5.74) is 1.70. The maximum absolute atomic E-state index is 10.8. The molecule has 4 bridgehead atoms. The summed E-state index contributed by atoms with van der Waals surface area (Å²) in [4.78, 5) is 13.3. The molecule has 0 atom stereocenters. The molecule has 5 fully saturated rings. The van der Waals surface area contributed by atoms with Gasteiger partial charge in [0.05, 0.1) is 0 Å². The lowest BCUT2D eigenvalue weighted by Gasteiger charge is -2.57. The molecular weight excluding hydrogens is 250 g/mol. The van der Waals surface area contributed by atoms with E-state index in [4.69, 9.17) is 5.11 Å². The van der Waals surface area contributed by atoms with Crippen LogP contribution in [-0.4, -0.2) is 35.6 Å². The zero-order valence-electron chi connectivity index (χ0n) is 12.2. The third kappa shape index (κ3) is 2.30. The molecule has 1 N–H and O–H groups in total. The van der Waals surface area contributed by atoms with Crippen LogP contribution >= 0.6 is 0 Å². The molecule has 4 saturated carbocycles. The summed E-state index contributed by atoms with van der Waals surface area (Å²) in [5.74, 6) is 2.25. The monoisotopic (exact) mass is 275 g/mol. The first-order valence-corrected chi connectivity index (χ1v) is 8.25. The van der Waals surface area contributed by atoms with Crippen molar-refractivity contribution in [2.24, 2.45) is 23.2 Å². The van der Waals surface area contributed by atoms with E-state index in [-0.39, 0.29) is 0 Å². The van der Waals surface area contributed by atoms with Crippen molar-refractivity contribution in [3.63, 3.8) is 0 Å². The number of carboxylic acids is 1. The summed E-state index contributed by atoms with van der Waals surface area (Å²) in [6, 6.07) is 0. The van der Waals surface area contributed by atoms with Crippen molar-refractivity contribution in [3.05, 3.63) is 11.6 Å². The molecule has 0 aromatic rings. The molecule has 1 heterocycles. The zero-order chi connectivity index (χ0) is 13.7. The highest BCUT2D eigenvalue weighted by molar-refractivity contribution is 5.80. The van der Waals surface area contributed by atoms with E-state index in [1.807, 2.05) is 0 Å². The lowest BCUT2D eigenvalue weighted by molar-refractivity contribution is -0.131. The fourth-order valence-corrected chi connectivity index (χ4v) is 6.13. The van der Waals surface area contributed by atoms with E-state index >= 15 is 0 Å². The minimum Gasteiger partial charge on any atom is -0.478 e. The van der Waals surface area contributed by atoms with Gasteiger partial charge in [-0.05, 0) is 73.7 Å². The van der Waals surface area contributed by atoms with Crippen molar-refractivity contribution >= 4 is 5.97 Å². The van der Waals surface area contributed by atoms with Crippen LogP contribution in [0.3, 0.4) is 0 Å². The first-order chi connectivity index (χ1) is 9.60. The maximum Gasteiger partial charge on any atom is 0.328 e. The summed E-state index contributed by atoms with van der Waals surface area (Å²) in [7, 11) is 0. The van der Waals surface area contributed by atoms with Gasteiger partial charge in [0.2, 0.25) is 0 Å². The molecule has 110 valence electrons. The summed E-state index contributed by atoms with van der Waals surface area (Å²) in [5, 5.41) is 8.87. The standard InChI is InChI=1S/C17H25NO2/c19-16(20)6-12-1-2-18(10-12)11-17-7-13-3-14(8-17)5-15(4-13)9-17/h6,13-15H,1-5,7-11H2,(H,19,20)/b12-6+. The van der Waals surface area contributed by atoms with Crippen molar-refractivity contribution in [2.75, 3.05) is 19.6 Å². The van der Waals surface area contributed by atoms with E-state index in [1.165, 1.54) is 51.1 Å². The lowest BCUT2D eigenvalue weighted by Crippen LogP contribution is -2.50. The first kappa shape index (κ1) is 12.9. The minimum atomic E-state index is -0.781. The molecule has 1 saturated heterocycles. The van der Waals surface area contributed by atoms with Gasteiger partial charge in [0.25, 0.3) is 0 Å². The molecule has 0 amide bonds. The highest BCUT2D eigenvalue weighted by Gasteiger charge is 2.51. The molecule has 3 nitrogen and oxygen atoms in total. The molecule has 0 unspecified atom stereocenters. The quantitative estimate of drug-likeness (QED) is 0.805. The summed E-state index contributed by atoms with van der Waals surface area (Å²) in [6.45, 7) is 3.20. The highest BCUT2D eigenvalue weighted by atomic mass is 16.4. The van der Waals surface area contributed by atoms with Gasteiger partial charge in [-0.1, -0.05) is 0 Å². The van der Waals surface area contributed by atoms with E-state index in [9.17, 15) is 4.79 Å². The van der Waals surface area contributed by atoms with E-state index in [1.54, 1.807) is 0 Å². The number of nitrogens with zero attached hydrogens (tertiary/aromatic N) is 1. The Morgan fingerprint density at radius 3 is 2.35 bits per heavy atom. The van der Waals surface area contributed by atoms with E-state index in [0.29, 0.717) is 5.41 Å². The van der Waals surface area contributed by atoms with Gasteiger partial charge < -0.3 is 5.11 Å². The number of rotatable bonds is 3. The Morgan fingerprint density at radius 2 is 1.80 bits per heavy atom. The number of carbonyl (C=O) groups is 1. The maximum atomic E-state index is 10.8. The van der Waals surface area contributed by atoms with Crippen LogP contribution in [-0.2, 0) is 4.79 Å². The molecule has 3 heteroatoms. The van der Waals surface area contributed by atoms with Gasteiger partial charge in [-0.15, -0.1) is 0 Å². The van der Waals surface area contributed by atoms with Gasteiger partial charge >= 0.3 is 5.97 Å². The van der Waals surface area contributed by atoms with Crippen molar-refractivity contribution in [2.45, 2.75) is 44.9 Å². The predicted octanol–water partition coefficient (Wildman–Crippen LogP) is 2.92. The Hall–Kier alpha value is -0.830. The molecule has 20 heavy (non-hydrogen) atoms. The third-order valence-electron chi connectivity index (χ3n) is 6.23. The topological polar surface area (TPSA) is 40.5 Å². The number of aliphatic carboxylic acids is 1. The zero-order valence-corrected chi connectivity index (χ0v) is 12.2. The molecule has 0 aromatic heterocycles. The number of likely N-dealkylation sites (tertiary alicyclic amines) is 1. The van der Waals surface area contributed by atoms with Crippen molar-refractivity contribution in [1.29, 1.82) is 0 Å². The summed E-state index contributed by atoms with van der Waals surface area (Å²) < 4.78 is 0. The Kier molecular flexibility index (Phi) is 2.95. The van der Waals surface area contributed by atoms with Crippen LogP contribution in [0.1, 0.15) is 44.9 Å². The van der Waals surface area contributed by atoms with E-state index in [0.717, 1.165) is 42.8 Å². The molecular formula is C17H25NO2. The van der Waals surface area contributed by atoms with Gasteiger partial charge in [-0.25, -0.2) is 4.79 Å². The van der Waals surface area contributed by atoms with Crippen LogP contribution in [0.15, 0.2) is 11.6 Å². The number of hydrogen-bond acceptors (Lipinski definition) is 2. The Morgan fingerprint density at radius 1 is 1.20 bits per heavy atom. The average Bonchev–Trinajstić information content (AvgIpc) is 2.72. The SMILES string of the molecule is O=C(O)/C=C1\CCN(CC23CC4CC(CC(C4)C2)C3)C1. The minimum absolute atomic E-state index is 0.591. The van der Waals surface area contributed by atoms with Gasteiger partial charge in [-0.2, -0.15) is 0 Å². The van der Waals surface area contributed by atoms with E-state index < -0.39 is 5.97 Å². The Balaban J connectivity index is 1.44. The highest BCUT2D eigenvalue weighted by Crippen LogP contribution is 2.60. The predicted molar refractivity (Wildman–Crippen MR) is 77.4 cm³/mol. The van der Waals surface area contributed by atoms with Gasteiger partial charge in [0.15, 0.2) is 0 Å². The fraction of sp³-hybridized carbons (Fsp3) is 0.824. The first-order valence-electron chi connectivity index (χ1n) is 8.25. The fourth-order valence-electron chi connectivity index (χ4n) is 6.13. The van der Waals surface area contributed by atoms with Crippen LogP contribution in [0.5, 0.6) is 0 Å². The number of hydrogen-bond donors (Lipinski definition) is 1. The molecule has 5 rings (SSSR count). The van der Waals surface area contributed by atoms with Gasteiger partial charge in [-0.3, -0.25) is 4.90 Å². The lowest BCUT2D eigenvalue weighted by atomic mass is 9.49. The van der Waals surface area contributed by atoms with Crippen molar-refractivity contribution in [3.8, 4) is 0 Å². The number of carboxylic acid groups (broad SMARTS) is 1. The second kappa shape index (κ2) is 4.59. The van der Waals surface area contributed by atoms with Gasteiger partial charge in [0, 0.05) is 25.7 Å². The van der Waals surface area contributed by atoms with Crippen LogP contribution in [0.4, 0.5) is 0 Å². The third-order valence-corrected chi connectivity index (χ3v) is 6.23. The van der Waals surface area contributed by atoms with Gasteiger partial charge in [0.1, 0.15) is 0 Å². The molecule has 5 aliphatic rings. The van der Waals surface area contributed by atoms with Crippen molar-refractivity contribution < 1.29 is 9.90 Å². The second-order valence-electron chi connectivity index (χ2n) is 8.02. The molecule has 4 aliphatic carbocycles. The largest absolute Gasteiger partial charge is 0.478 e. The Labute approximate surface area is 121 Å². The van der Waals surface area contributed by atoms with Crippen LogP contribution in [0.25, 0.3) is 0 Å². The summed E-state index contributed by atoms with van der Waals surface area (Å²) >= 11 is 0. The molecule has 0 aromatic carbocycles. The Bertz CT molecular complexity index is 419. The van der Waals surface area contributed by atoms with Crippen molar-refractivity contribution in [1.82, 2.24) is 4.90 Å². The normalized spacial score (nSPS) is 45.4. The van der Waals surface area contributed by atoms with Crippen LogP contribution < -0.4 is 0 Å². The average molecular weight is 275 g/mol. The van der Waals surface area contributed by atoms with Crippen LogP contribution in [0, 0.1) is 23.2 Å². The molecule has 0 spiro atoms. The second-order valence-corrected chi connectivity index (χ2v) is 8.02. The smallest absolute Gasteiger partial charge is 0.328 e. The molecule has 0 radical (unpaired) electrons. The van der Waals surface area contributed by atoms with Crippen LogP contribution in [0.2, 0.25) is 0 Å².